The highest BCUT2D eigenvalue weighted by atomic mass is 14.3. The van der Waals surface area contributed by atoms with Crippen LogP contribution in [0.1, 0.15) is 56.7 Å². The van der Waals surface area contributed by atoms with Crippen LogP contribution in [-0.4, -0.2) is 0 Å². The van der Waals surface area contributed by atoms with E-state index in [2.05, 4.69) is 52.8 Å². The summed E-state index contributed by atoms with van der Waals surface area (Å²) in [5.74, 6) is 1.55. The highest BCUT2D eigenvalue weighted by molar-refractivity contribution is 5.73. The normalized spacial score (nSPS) is 25.2. The fourth-order valence-electron chi connectivity index (χ4n) is 3.36. The molecule has 1 aromatic rings. The van der Waals surface area contributed by atoms with Gasteiger partial charge in [-0.1, -0.05) is 43.2 Å². The van der Waals surface area contributed by atoms with E-state index in [0.29, 0.717) is 5.92 Å². The summed E-state index contributed by atoms with van der Waals surface area (Å²) in [6.45, 7) is 11.6. The maximum absolute atomic E-state index is 2.40. The number of allylic oxidation sites excluding steroid dienone is 2. The van der Waals surface area contributed by atoms with Gasteiger partial charge in [-0.05, 0) is 68.6 Å². The lowest BCUT2D eigenvalue weighted by Crippen LogP contribution is -2.02. The Kier molecular flexibility index (Phi) is 3.94. The Morgan fingerprint density at radius 1 is 1.00 bits per heavy atom. The van der Waals surface area contributed by atoms with Gasteiger partial charge in [-0.2, -0.15) is 0 Å². The smallest absolute Gasteiger partial charge is 0.0185 e. The fraction of sp³-hybridized carbons (Fsp3) is 0.556. The van der Waals surface area contributed by atoms with Crippen molar-refractivity contribution in [2.75, 3.05) is 0 Å². The molecule has 0 saturated carbocycles. The molecule has 1 aliphatic rings. The standard InChI is InChI=1S/C18H26/c1-12-7-9-15(4)18(16(5)10-12)17-11-13(2)6-8-14(17)3/h6,8,11-12,15H,7,9-10H2,1-5H3. The molecule has 2 atom stereocenters. The summed E-state index contributed by atoms with van der Waals surface area (Å²) in [5.41, 5.74) is 7.53. The topological polar surface area (TPSA) is 0 Å². The molecule has 0 heteroatoms. The van der Waals surface area contributed by atoms with Gasteiger partial charge in [0, 0.05) is 0 Å². The molecule has 1 aromatic carbocycles. The van der Waals surface area contributed by atoms with Crippen molar-refractivity contribution in [2.45, 2.75) is 53.9 Å². The van der Waals surface area contributed by atoms with Crippen LogP contribution in [0, 0.1) is 25.7 Å². The van der Waals surface area contributed by atoms with E-state index < -0.39 is 0 Å². The zero-order valence-corrected chi connectivity index (χ0v) is 12.5. The summed E-state index contributed by atoms with van der Waals surface area (Å²) < 4.78 is 0. The molecule has 0 aromatic heterocycles. The monoisotopic (exact) mass is 242 g/mol. The van der Waals surface area contributed by atoms with E-state index in [1.54, 1.807) is 11.1 Å². The Morgan fingerprint density at radius 2 is 1.72 bits per heavy atom. The van der Waals surface area contributed by atoms with Gasteiger partial charge in [0.1, 0.15) is 0 Å². The SMILES string of the molecule is CC1=C(c2cc(C)ccc2C)C(C)CCC(C)C1. The number of benzene rings is 1. The maximum Gasteiger partial charge on any atom is -0.0185 e. The maximum atomic E-state index is 2.40. The molecule has 1 aliphatic carbocycles. The summed E-state index contributed by atoms with van der Waals surface area (Å²) in [7, 11) is 0. The zero-order valence-electron chi connectivity index (χ0n) is 12.5. The Balaban J connectivity index is 2.51. The molecule has 0 aliphatic heterocycles. The summed E-state index contributed by atoms with van der Waals surface area (Å²) in [5, 5.41) is 0. The van der Waals surface area contributed by atoms with Crippen molar-refractivity contribution in [1.29, 1.82) is 0 Å². The summed E-state index contributed by atoms with van der Waals surface area (Å²) in [4.78, 5) is 0. The number of aryl methyl sites for hydroxylation is 2. The van der Waals surface area contributed by atoms with Crippen molar-refractivity contribution in [3.05, 3.63) is 40.5 Å². The molecule has 0 fully saturated rings. The average molecular weight is 242 g/mol. The van der Waals surface area contributed by atoms with Crippen LogP contribution in [0.3, 0.4) is 0 Å². The van der Waals surface area contributed by atoms with Crippen molar-refractivity contribution in [2.24, 2.45) is 11.8 Å². The number of rotatable bonds is 1. The Morgan fingerprint density at radius 3 is 2.44 bits per heavy atom. The van der Waals surface area contributed by atoms with E-state index in [4.69, 9.17) is 0 Å². The van der Waals surface area contributed by atoms with E-state index >= 15 is 0 Å². The minimum absolute atomic E-state index is 0.704. The average Bonchev–Trinajstić information content (AvgIpc) is 2.42. The van der Waals surface area contributed by atoms with Crippen molar-refractivity contribution in [3.63, 3.8) is 0 Å². The molecule has 2 rings (SSSR count). The molecule has 0 spiro atoms. The molecule has 0 saturated heterocycles. The van der Waals surface area contributed by atoms with Gasteiger partial charge in [0.25, 0.3) is 0 Å². The minimum atomic E-state index is 0.704. The van der Waals surface area contributed by atoms with Crippen LogP contribution in [-0.2, 0) is 0 Å². The Hall–Kier alpha value is -1.04. The zero-order chi connectivity index (χ0) is 13.3. The second kappa shape index (κ2) is 5.30. The molecule has 98 valence electrons. The van der Waals surface area contributed by atoms with Crippen LogP contribution in [0.2, 0.25) is 0 Å². The molecule has 0 heterocycles. The Bertz CT molecular complexity index is 465. The van der Waals surface area contributed by atoms with Gasteiger partial charge in [-0.3, -0.25) is 0 Å². The summed E-state index contributed by atoms with van der Waals surface area (Å²) in [6.07, 6.45) is 3.97. The first-order chi connectivity index (χ1) is 8.49. The van der Waals surface area contributed by atoms with Crippen molar-refractivity contribution < 1.29 is 0 Å². The van der Waals surface area contributed by atoms with E-state index in [9.17, 15) is 0 Å². The second-order valence-electron chi connectivity index (χ2n) is 6.30. The molecule has 0 radical (unpaired) electrons. The van der Waals surface area contributed by atoms with E-state index in [-0.39, 0.29) is 0 Å². The first kappa shape index (κ1) is 13.4. The molecule has 0 bridgehead atoms. The molecule has 2 unspecified atom stereocenters. The van der Waals surface area contributed by atoms with Gasteiger partial charge in [-0.15, -0.1) is 0 Å². The van der Waals surface area contributed by atoms with Gasteiger partial charge < -0.3 is 0 Å². The lowest BCUT2D eigenvalue weighted by molar-refractivity contribution is 0.491. The lowest BCUT2D eigenvalue weighted by Gasteiger charge is -2.19. The van der Waals surface area contributed by atoms with E-state index in [1.807, 2.05) is 0 Å². The van der Waals surface area contributed by atoms with E-state index in [0.717, 1.165) is 5.92 Å². The van der Waals surface area contributed by atoms with Gasteiger partial charge in [0.15, 0.2) is 0 Å². The third-order valence-electron chi connectivity index (χ3n) is 4.38. The second-order valence-corrected chi connectivity index (χ2v) is 6.30. The molecule has 0 amide bonds. The summed E-state index contributed by atoms with van der Waals surface area (Å²) in [6, 6.07) is 6.87. The van der Waals surface area contributed by atoms with Crippen LogP contribution in [0.5, 0.6) is 0 Å². The van der Waals surface area contributed by atoms with Crippen LogP contribution in [0.15, 0.2) is 23.8 Å². The lowest BCUT2D eigenvalue weighted by atomic mass is 9.86. The van der Waals surface area contributed by atoms with Crippen molar-refractivity contribution in [1.82, 2.24) is 0 Å². The summed E-state index contributed by atoms with van der Waals surface area (Å²) >= 11 is 0. The molecular formula is C18H26. The van der Waals surface area contributed by atoms with Crippen LogP contribution in [0.4, 0.5) is 0 Å². The van der Waals surface area contributed by atoms with Gasteiger partial charge in [-0.25, -0.2) is 0 Å². The highest BCUT2D eigenvalue weighted by Gasteiger charge is 2.21. The van der Waals surface area contributed by atoms with Crippen molar-refractivity contribution in [3.8, 4) is 0 Å². The molecule has 0 N–H and O–H groups in total. The number of hydrogen-bond acceptors (Lipinski definition) is 0. The molecule has 18 heavy (non-hydrogen) atoms. The largest absolute Gasteiger partial charge is 0.0690 e. The van der Waals surface area contributed by atoms with Crippen LogP contribution < -0.4 is 0 Å². The number of hydrogen-bond donors (Lipinski definition) is 0. The quantitative estimate of drug-likeness (QED) is 0.607. The van der Waals surface area contributed by atoms with Crippen LogP contribution >= 0.6 is 0 Å². The van der Waals surface area contributed by atoms with Crippen LogP contribution in [0.25, 0.3) is 5.57 Å². The molecular weight excluding hydrogens is 216 g/mol. The fourth-order valence-corrected chi connectivity index (χ4v) is 3.36. The highest BCUT2D eigenvalue weighted by Crippen LogP contribution is 2.38. The first-order valence-corrected chi connectivity index (χ1v) is 7.26. The van der Waals surface area contributed by atoms with Crippen molar-refractivity contribution >= 4 is 5.57 Å². The third kappa shape index (κ3) is 2.68. The predicted molar refractivity (Wildman–Crippen MR) is 80.7 cm³/mol. The van der Waals surface area contributed by atoms with Gasteiger partial charge >= 0.3 is 0 Å². The molecule has 0 nitrogen and oxygen atoms in total. The predicted octanol–water partition coefficient (Wildman–Crippen LogP) is 5.53. The van der Waals surface area contributed by atoms with E-state index in [1.165, 1.54) is 36.0 Å². The minimum Gasteiger partial charge on any atom is -0.0690 e. The first-order valence-electron chi connectivity index (χ1n) is 7.26. The van der Waals surface area contributed by atoms with Gasteiger partial charge in [0.05, 0.1) is 0 Å². The Labute approximate surface area is 112 Å². The third-order valence-corrected chi connectivity index (χ3v) is 4.38. The van der Waals surface area contributed by atoms with Gasteiger partial charge in [0.2, 0.25) is 0 Å².